The minimum atomic E-state index is -0.665. The summed E-state index contributed by atoms with van der Waals surface area (Å²) in [6, 6.07) is 38.4. The second-order valence-corrected chi connectivity index (χ2v) is 11.3. The lowest BCUT2D eigenvalue weighted by Crippen LogP contribution is -2.06. The molecule has 6 aromatic carbocycles. The molecule has 0 fully saturated rings. The Balaban J connectivity index is 1.59. The molecule has 0 saturated carbocycles. The van der Waals surface area contributed by atoms with Crippen LogP contribution in [-0.2, 0) is 0 Å². The molecule has 210 valence electrons. The molecule has 0 aliphatic carbocycles. The van der Waals surface area contributed by atoms with Gasteiger partial charge in [-0.05, 0) is 80.1 Å². The van der Waals surface area contributed by atoms with E-state index in [-0.39, 0.29) is 5.56 Å². The molecular formula is C39H25F2N3. The Kier molecular flexibility index (Phi) is 5.69. The number of hydrogen-bond donors (Lipinski definition) is 0. The van der Waals surface area contributed by atoms with Crippen LogP contribution >= 0.6 is 0 Å². The van der Waals surface area contributed by atoms with Crippen LogP contribution in [0.2, 0.25) is 0 Å². The van der Waals surface area contributed by atoms with Gasteiger partial charge in [0.2, 0.25) is 0 Å². The number of rotatable bonds is 3. The summed E-state index contributed by atoms with van der Waals surface area (Å²) in [4.78, 5) is 0. The van der Waals surface area contributed by atoms with Crippen LogP contribution in [0.25, 0.3) is 66.1 Å². The van der Waals surface area contributed by atoms with Gasteiger partial charge in [-0.15, -0.1) is 0 Å². The van der Waals surface area contributed by atoms with Gasteiger partial charge >= 0.3 is 0 Å². The van der Waals surface area contributed by atoms with Crippen molar-refractivity contribution in [2.75, 3.05) is 0 Å². The molecule has 3 nitrogen and oxygen atoms in total. The molecule has 0 aliphatic rings. The van der Waals surface area contributed by atoms with Crippen molar-refractivity contribution in [1.29, 1.82) is 5.26 Å². The second-order valence-electron chi connectivity index (χ2n) is 11.3. The molecular weight excluding hydrogens is 548 g/mol. The van der Waals surface area contributed by atoms with Crippen LogP contribution in [0, 0.1) is 36.8 Å². The van der Waals surface area contributed by atoms with Crippen LogP contribution in [-0.4, -0.2) is 9.13 Å². The van der Waals surface area contributed by atoms with Gasteiger partial charge < -0.3 is 9.13 Å². The summed E-state index contributed by atoms with van der Waals surface area (Å²) in [5.74, 6) is -1.33. The topological polar surface area (TPSA) is 33.6 Å². The molecule has 44 heavy (non-hydrogen) atoms. The minimum Gasteiger partial charge on any atom is -0.308 e. The summed E-state index contributed by atoms with van der Waals surface area (Å²) in [6.45, 7) is 4.10. The average molecular weight is 574 g/mol. The molecule has 8 rings (SSSR count). The zero-order chi connectivity index (χ0) is 30.1. The summed E-state index contributed by atoms with van der Waals surface area (Å²) in [5.41, 5.74) is 7.57. The van der Waals surface area contributed by atoms with Crippen LogP contribution in [0.5, 0.6) is 0 Å². The molecule has 5 heteroatoms. The molecule has 0 spiro atoms. The number of para-hydroxylation sites is 2. The number of hydrogen-bond acceptors (Lipinski definition) is 1. The Labute approximate surface area is 252 Å². The van der Waals surface area contributed by atoms with Gasteiger partial charge in [0.15, 0.2) is 0 Å². The Morgan fingerprint density at radius 2 is 0.977 bits per heavy atom. The largest absolute Gasteiger partial charge is 0.308 e. The highest BCUT2D eigenvalue weighted by Gasteiger charge is 2.24. The lowest BCUT2D eigenvalue weighted by Gasteiger charge is -2.19. The van der Waals surface area contributed by atoms with Crippen LogP contribution in [0.1, 0.15) is 16.7 Å². The third-order valence-corrected chi connectivity index (χ3v) is 8.60. The Bertz CT molecular complexity index is 2350. The van der Waals surface area contributed by atoms with Gasteiger partial charge in [0.25, 0.3) is 0 Å². The molecule has 2 heterocycles. The predicted octanol–water partition coefficient (Wildman–Crippen LogP) is 10.3. The highest BCUT2D eigenvalue weighted by Crippen LogP contribution is 2.41. The maximum absolute atomic E-state index is 15.4. The first-order valence-electron chi connectivity index (χ1n) is 14.5. The van der Waals surface area contributed by atoms with Gasteiger partial charge in [-0.25, -0.2) is 8.78 Å². The fourth-order valence-corrected chi connectivity index (χ4v) is 6.69. The fourth-order valence-electron chi connectivity index (χ4n) is 6.69. The lowest BCUT2D eigenvalue weighted by atomic mass is 9.99. The molecule has 8 aromatic rings. The molecule has 0 unspecified atom stereocenters. The molecule has 0 saturated heterocycles. The van der Waals surface area contributed by atoms with Gasteiger partial charge in [0, 0.05) is 21.5 Å². The maximum Gasteiger partial charge on any atom is 0.133 e. The fraction of sp³-hybridized carbons (Fsp3) is 0.0513. The second kappa shape index (κ2) is 9.65. The van der Waals surface area contributed by atoms with Crippen molar-refractivity contribution in [1.82, 2.24) is 9.13 Å². The summed E-state index contributed by atoms with van der Waals surface area (Å²) in [5, 5.41) is 15.1. The van der Waals surface area contributed by atoms with Gasteiger partial charge in [-0.1, -0.05) is 65.7 Å². The van der Waals surface area contributed by atoms with E-state index < -0.39 is 11.6 Å². The number of aromatic nitrogens is 2. The summed E-state index contributed by atoms with van der Waals surface area (Å²) >= 11 is 0. The van der Waals surface area contributed by atoms with Crippen molar-refractivity contribution in [3.8, 4) is 28.6 Å². The molecule has 2 aromatic heterocycles. The van der Waals surface area contributed by atoms with Crippen LogP contribution in [0.3, 0.4) is 0 Å². The molecule has 0 atom stereocenters. The predicted molar refractivity (Wildman–Crippen MR) is 175 cm³/mol. The molecule has 0 N–H and O–H groups in total. The zero-order valence-electron chi connectivity index (χ0n) is 24.1. The van der Waals surface area contributed by atoms with Gasteiger partial charge in [0.05, 0.1) is 39.0 Å². The summed E-state index contributed by atoms with van der Waals surface area (Å²) in [7, 11) is 0. The third kappa shape index (κ3) is 3.71. The van der Waals surface area contributed by atoms with Gasteiger partial charge in [-0.3, -0.25) is 0 Å². The quantitative estimate of drug-likeness (QED) is 0.207. The first-order valence-corrected chi connectivity index (χ1v) is 14.5. The first kappa shape index (κ1) is 25.9. The number of halogens is 2. The van der Waals surface area contributed by atoms with E-state index in [9.17, 15) is 5.26 Å². The molecule has 0 aliphatic heterocycles. The summed E-state index contributed by atoms with van der Waals surface area (Å²) < 4.78 is 35.0. The van der Waals surface area contributed by atoms with E-state index in [2.05, 4.69) is 44.2 Å². The van der Waals surface area contributed by atoms with Crippen molar-refractivity contribution in [3.63, 3.8) is 0 Å². The maximum atomic E-state index is 15.4. The van der Waals surface area contributed by atoms with Crippen molar-refractivity contribution in [3.05, 3.63) is 144 Å². The number of nitrogens with zero attached hydrogens (tertiary/aromatic N) is 3. The number of aryl methyl sites for hydroxylation is 2. The van der Waals surface area contributed by atoms with Crippen molar-refractivity contribution < 1.29 is 8.78 Å². The van der Waals surface area contributed by atoms with E-state index in [0.717, 1.165) is 54.7 Å². The van der Waals surface area contributed by atoms with Crippen LogP contribution in [0.4, 0.5) is 8.78 Å². The van der Waals surface area contributed by atoms with E-state index in [1.807, 2.05) is 69.8 Å². The van der Waals surface area contributed by atoms with E-state index in [1.54, 1.807) is 12.1 Å². The Hall–Kier alpha value is -5.73. The summed E-state index contributed by atoms with van der Waals surface area (Å²) in [6.07, 6.45) is 0. The first-order chi connectivity index (χ1) is 21.4. The number of fused-ring (bicyclic) bond motifs is 6. The van der Waals surface area contributed by atoms with Gasteiger partial charge in [-0.2, -0.15) is 5.26 Å². The monoisotopic (exact) mass is 573 g/mol. The number of nitriles is 1. The standard InChI is InChI=1S/C39H25F2N3/c1-23-14-16-35-28(18-23)26-8-3-5-12-33(26)43(35)37-20-25(39-31(40)10-7-11-32(39)41)21-38(30(37)22-42)44-34-13-6-4-9-27(34)29-19-24(2)15-17-36(29)44/h3-21H,1-2H3. The zero-order valence-corrected chi connectivity index (χ0v) is 24.1. The molecule has 0 amide bonds. The van der Waals surface area contributed by atoms with Crippen molar-refractivity contribution in [2.24, 2.45) is 0 Å². The van der Waals surface area contributed by atoms with E-state index in [4.69, 9.17) is 0 Å². The van der Waals surface area contributed by atoms with Crippen LogP contribution < -0.4 is 0 Å². The number of benzene rings is 6. The Morgan fingerprint density at radius 1 is 0.523 bits per heavy atom. The molecule has 0 bridgehead atoms. The average Bonchev–Trinajstić information content (AvgIpc) is 3.52. The highest BCUT2D eigenvalue weighted by atomic mass is 19.1. The van der Waals surface area contributed by atoms with Crippen molar-refractivity contribution >= 4 is 43.6 Å². The highest BCUT2D eigenvalue weighted by molar-refractivity contribution is 6.11. The van der Waals surface area contributed by atoms with Crippen molar-refractivity contribution in [2.45, 2.75) is 13.8 Å². The molecule has 0 radical (unpaired) electrons. The third-order valence-electron chi connectivity index (χ3n) is 8.60. The van der Waals surface area contributed by atoms with E-state index in [0.29, 0.717) is 22.5 Å². The normalized spacial score (nSPS) is 11.6. The SMILES string of the molecule is Cc1ccc2c(c1)c1ccccc1n2-c1cc(-c2c(F)cccc2F)cc(-n2c3ccccc3c3cc(C)ccc32)c1C#N. The Morgan fingerprint density at radius 3 is 1.45 bits per heavy atom. The van der Waals surface area contributed by atoms with Gasteiger partial charge in [0.1, 0.15) is 23.3 Å². The smallest absolute Gasteiger partial charge is 0.133 e. The lowest BCUT2D eigenvalue weighted by molar-refractivity contribution is 0.589. The van der Waals surface area contributed by atoms with Crippen LogP contribution in [0.15, 0.2) is 115 Å². The van der Waals surface area contributed by atoms with E-state index >= 15 is 8.78 Å². The minimum absolute atomic E-state index is 0.132. The van der Waals surface area contributed by atoms with E-state index in [1.165, 1.54) is 18.2 Å².